The van der Waals surface area contributed by atoms with E-state index in [1.54, 1.807) is 30.5 Å². The van der Waals surface area contributed by atoms with Crippen LogP contribution in [0.15, 0.2) is 62.6 Å². The van der Waals surface area contributed by atoms with Gasteiger partial charge in [-0.2, -0.15) is 4.98 Å². The Labute approximate surface area is 156 Å². The van der Waals surface area contributed by atoms with Crippen LogP contribution in [0.4, 0.5) is 0 Å². The van der Waals surface area contributed by atoms with E-state index in [9.17, 15) is 13.2 Å². The predicted octanol–water partition coefficient (Wildman–Crippen LogP) is 2.04. The first kappa shape index (κ1) is 18.8. The van der Waals surface area contributed by atoms with Crippen molar-refractivity contribution < 1.29 is 22.2 Å². The van der Waals surface area contributed by atoms with Crippen LogP contribution in [-0.4, -0.2) is 36.3 Å². The van der Waals surface area contributed by atoms with Gasteiger partial charge in [0, 0.05) is 18.9 Å². The summed E-state index contributed by atoms with van der Waals surface area (Å²) >= 11 is 0. The Balaban J connectivity index is 1.55. The summed E-state index contributed by atoms with van der Waals surface area (Å²) in [5, 5.41) is 6.42. The number of sulfone groups is 1. The molecular formula is C18H19N3O5S. The topological polar surface area (TPSA) is 115 Å². The van der Waals surface area contributed by atoms with Crippen molar-refractivity contribution in [3.8, 4) is 0 Å². The number of rotatable bonds is 8. The lowest BCUT2D eigenvalue weighted by Crippen LogP contribution is -2.34. The van der Waals surface area contributed by atoms with E-state index in [1.807, 2.05) is 13.0 Å². The summed E-state index contributed by atoms with van der Waals surface area (Å²) in [7, 11) is -3.45. The third-order valence-corrected chi connectivity index (χ3v) is 5.56. The molecule has 9 heteroatoms. The third kappa shape index (κ3) is 5.04. The Kier molecular flexibility index (Phi) is 5.70. The smallest absolute Gasteiger partial charge is 0.315 e. The molecule has 0 bridgehead atoms. The summed E-state index contributed by atoms with van der Waals surface area (Å²) in [6.45, 7) is 1.82. The lowest BCUT2D eigenvalue weighted by atomic mass is 10.2. The third-order valence-electron chi connectivity index (χ3n) is 3.82. The lowest BCUT2D eigenvalue weighted by Gasteiger charge is -2.10. The van der Waals surface area contributed by atoms with Gasteiger partial charge >= 0.3 is 11.8 Å². The van der Waals surface area contributed by atoms with E-state index in [0.717, 1.165) is 5.76 Å². The second-order valence-electron chi connectivity index (χ2n) is 6.06. The van der Waals surface area contributed by atoms with Crippen LogP contribution in [0, 0.1) is 0 Å². The van der Waals surface area contributed by atoms with Gasteiger partial charge in [-0.25, -0.2) is 8.42 Å². The van der Waals surface area contributed by atoms with E-state index in [-0.39, 0.29) is 34.8 Å². The SMILES string of the molecule is CC(Cc1ccco1)NC(=O)c1nc(CCS(=O)(=O)c2ccccc2)no1. The van der Waals surface area contributed by atoms with E-state index in [1.165, 1.54) is 12.1 Å². The Bertz CT molecular complexity index is 981. The van der Waals surface area contributed by atoms with Crippen molar-refractivity contribution in [2.75, 3.05) is 5.75 Å². The Morgan fingerprint density at radius 2 is 1.96 bits per heavy atom. The molecule has 0 fully saturated rings. The van der Waals surface area contributed by atoms with Gasteiger partial charge in [-0.15, -0.1) is 0 Å². The van der Waals surface area contributed by atoms with Crippen LogP contribution in [0.3, 0.4) is 0 Å². The molecule has 142 valence electrons. The van der Waals surface area contributed by atoms with Gasteiger partial charge in [-0.1, -0.05) is 23.4 Å². The van der Waals surface area contributed by atoms with Gasteiger partial charge in [0.05, 0.1) is 16.9 Å². The highest BCUT2D eigenvalue weighted by atomic mass is 32.2. The van der Waals surface area contributed by atoms with Crippen LogP contribution in [0.1, 0.15) is 29.2 Å². The molecule has 1 N–H and O–H groups in total. The molecule has 2 aromatic heterocycles. The van der Waals surface area contributed by atoms with Gasteiger partial charge in [0.2, 0.25) is 0 Å². The molecule has 0 aliphatic heterocycles. The lowest BCUT2D eigenvalue weighted by molar-refractivity contribution is 0.0895. The van der Waals surface area contributed by atoms with Crippen LogP contribution in [0.5, 0.6) is 0 Å². The quantitative estimate of drug-likeness (QED) is 0.627. The predicted molar refractivity (Wildman–Crippen MR) is 95.8 cm³/mol. The number of nitrogens with one attached hydrogen (secondary N) is 1. The van der Waals surface area contributed by atoms with Crippen molar-refractivity contribution in [1.29, 1.82) is 0 Å². The first-order valence-corrected chi connectivity index (χ1v) is 10.0. The van der Waals surface area contributed by atoms with Crippen molar-refractivity contribution in [2.45, 2.75) is 30.7 Å². The minimum atomic E-state index is -3.45. The molecule has 3 aromatic rings. The number of hydrogen-bond donors (Lipinski definition) is 1. The van der Waals surface area contributed by atoms with E-state index in [2.05, 4.69) is 15.5 Å². The van der Waals surface area contributed by atoms with E-state index in [4.69, 9.17) is 8.94 Å². The van der Waals surface area contributed by atoms with Crippen LogP contribution >= 0.6 is 0 Å². The standard InChI is InChI=1S/C18H19N3O5S/c1-13(12-14-6-5-10-25-14)19-17(22)18-20-16(21-26-18)9-11-27(23,24)15-7-3-2-4-8-15/h2-8,10,13H,9,11-12H2,1H3,(H,19,22). The van der Waals surface area contributed by atoms with Gasteiger partial charge in [-0.3, -0.25) is 4.79 Å². The Morgan fingerprint density at radius 3 is 2.67 bits per heavy atom. The van der Waals surface area contributed by atoms with Crippen molar-refractivity contribution in [3.05, 3.63) is 66.2 Å². The van der Waals surface area contributed by atoms with Crippen LogP contribution in [-0.2, 0) is 22.7 Å². The molecule has 8 nitrogen and oxygen atoms in total. The normalized spacial score (nSPS) is 12.6. The Morgan fingerprint density at radius 1 is 1.19 bits per heavy atom. The largest absolute Gasteiger partial charge is 0.469 e. The number of aromatic nitrogens is 2. The fraction of sp³-hybridized carbons (Fsp3) is 0.278. The zero-order valence-corrected chi connectivity index (χ0v) is 15.5. The van der Waals surface area contributed by atoms with Gasteiger partial charge < -0.3 is 14.3 Å². The minimum Gasteiger partial charge on any atom is -0.469 e. The fourth-order valence-corrected chi connectivity index (χ4v) is 3.74. The maximum atomic E-state index is 12.3. The number of amides is 1. The van der Waals surface area contributed by atoms with Crippen molar-refractivity contribution >= 4 is 15.7 Å². The molecule has 2 heterocycles. The summed E-state index contributed by atoms with van der Waals surface area (Å²) in [6, 6.07) is 11.5. The summed E-state index contributed by atoms with van der Waals surface area (Å²) in [5.74, 6) is 0.0255. The van der Waals surface area contributed by atoms with Crippen LogP contribution in [0.2, 0.25) is 0 Å². The monoisotopic (exact) mass is 389 g/mol. The summed E-state index contributed by atoms with van der Waals surface area (Å²) in [6.07, 6.45) is 2.14. The molecule has 0 aliphatic rings. The number of carbonyl (C=O) groups is 1. The first-order chi connectivity index (χ1) is 12.9. The van der Waals surface area contributed by atoms with E-state index >= 15 is 0 Å². The molecule has 0 spiro atoms. The summed E-state index contributed by atoms with van der Waals surface area (Å²) in [4.78, 5) is 16.4. The average Bonchev–Trinajstić information content (AvgIpc) is 3.32. The molecule has 0 saturated heterocycles. The highest BCUT2D eigenvalue weighted by Crippen LogP contribution is 2.12. The van der Waals surface area contributed by atoms with Gasteiger partial charge in [0.1, 0.15) is 5.76 Å². The van der Waals surface area contributed by atoms with Gasteiger partial charge in [0.15, 0.2) is 15.7 Å². The Hall–Kier alpha value is -2.94. The van der Waals surface area contributed by atoms with Crippen LogP contribution < -0.4 is 5.32 Å². The minimum absolute atomic E-state index is 0.0515. The summed E-state index contributed by atoms with van der Waals surface area (Å²) in [5.41, 5.74) is 0. The van der Waals surface area contributed by atoms with Crippen molar-refractivity contribution in [2.24, 2.45) is 0 Å². The van der Waals surface area contributed by atoms with Gasteiger partial charge in [0.25, 0.3) is 0 Å². The molecular weight excluding hydrogens is 370 g/mol. The number of benzene rings is 1. The molecule has 0 radical (unpaired) electrons. The van der Waals surface area contributed by atoms with Gasteiger partial charge in [-0.05, 0) is 31.2 Å². The number of furan rings is 1. The molecule has 1 unspecified atom stereocenters. The van der Waals surface area contributed by atoms with Crippen molar-refractivity contribution in [1.82, 2.24) is 15.5 Å². The first-order valence-electron chi connectivity index (χ1n) is 8.38. The van der Waals surface area contributed by atoms with Crippen LogP contribution in [0.25, 0.3) is 0 Å². The second-order valence-corrected chi connectivity index (χ2v) is 8.16. The maximum absolute atomic E-state index is 12.3. The maximum Gasteiger partial charge on any atom is 0.315 e. The summed E-state index contributed by atoms with van der Waals surface area (Å²) < 4.78 is 34.7. The fourth-order valence-electron chi connectivity index (χ4n) is 2.49. The zero-order valence-electron chi connectivity index (χ0n) is 14.7. The number of aryl methyl sites for hydroxylation is 1. The highest BCUT2D eigenvalue weighted by molar-refractivity contribution is 7.91. The molecule has 27 heavy (non-hydrogen) atoms. The van der Waals surface area contributed by atoms with E-state index in [0.29, 0.717) is 6.42 Å². The number of hydrogen-bond acceptors (Lipinski definition) is 7. The molecule has 3 rings (SSSR count). The average molecular weight is 389 g/mol. The molecule has 0 aliphatic carbocycles. The highest BCUT2D eigenvalue weighted by Gasteiger charge is 2.20. The molecule has 0 saturated carbocycles. The zero-order chi connectivity index (χ0) is 19.3. The molecule has 1 amide bonds. The molecule has 1 atom stereocenters. The van der Waals surface area contributed by atoms with Crippen molar-refractivity contribution in [3.63, 3.8) is 0 Å². The number of nitrogens with zero attached hydrogens (tertiary/aromatic N) is 2. The molecule has 1 aromatic carbocycles. The van der Waals surface area contributed by atoms with E-state index < -0.39 is 15.7 Å². The number of carbonyl (C=O) groups excluding carboxylic acids is 1. The second kappa shape index (κ2) is 8.17.